The van der Waals surface area contributed by atoms with Crippen LogP contribution in [0, 0.1) is 12.8 Å². The van der Waals surface area contributed by atoms with Gasteiger partial charge in [-0.3, -0.25) is 10.1 Å². The van der Waals surface area contributed by atoms with Crippen molar-refractivity contribution in [2.24, 2.45) is 5.92 Å². The van der Waals surface area contributed by atoms with Gasteiger partial charge in [-0.15, -0.1) is 0 Å². The second kappa shape index (κ2) is 9.77. The van der Waals surface area contributed by atoms with Gasteiger partial charge < -0.3 is 18.7 Å². The van der Waals surface area contributed by atoms with Crippen molar-refractivity contribution < 1.29 is 28.3 Å². The van der Waals surface area contributed by atoms with Crippen LogP contribution >= 0.6 is 0 Å². The number of methoxy groups -OCH3 is 1. The van der Waals surface area contributed by atoms with Gasteiger partial charge in [-0.05, 0) is 44.4 Å². The summed E-state index contributed by atoms with van der Waals surface area (Å²) in [5, 5.41) is 6.17. The van der Waals surface area contributed by atoms with Crippen molar-refractivity contribution in [3.05, 3.63) is 35.5 Å². The zero-order chi connectivity index (χ0) is 20.7. The zero-order valence-corrected chi connectivity index (χ0v) is 16.8. The van der Waals surface area contributed by atoms with Gasteiger partial charge in [0.15, 0.2) is 17.6 Å². The van der Waals surface area contributed by atoms with Crippen molar-refractivity contribution in [1.82, 2.24) is 5.16 Å². The number of benzene rings is 1. The van der Waals surface area contributed by atoms with E-state index in [9.17, 15) is 9.59 Å². The predicted molar refractivity (Wildman–Crippen MR) is 103 cm³/mol. The highest BCUT2D eigenvalue weighted by atomic mass is 16.5. The maximum atomic E-state index is 12.4. The Balaban J connectivity index is 1.97. The van der Waals surface area contributed by atoms with Gasteiger partial charge in [0.25, 0.3) is 5.91 Å². The molecule has 0 aliphatic carbocycles. The van der Waals surface area contributed by atoms with E-state index in [1.54, 1.807) is 25.1 Å². The molecule has 2 aromatic rings. The average Bonchev–Trinajstić information content (AvgIpc) is 3.06. The van der Waals surface area contributed by atoms with E-state index in [0.717, 1.165) is 6.42 Å². The zero-order valence-electron chi connectivity index (χ0n) is 16.8. The van der Waals surface area contributed by atoms with Crippen molar-refractivity contribution in [3.8, 4) is 11.5 Å². The number of hydrogen-bond donors (Lipinski definition) is 1. The van der Waals surface area contributed by atoms with Gasteiger partial charge in [0.05, 0.1) is 25.0 Å². The molecule has 0 aliphatic heterocycles. The number of anilines is 1. The topological polar surface area (TPSA) is 99.9 Å². The van der Waals surface area contributed by atoms with Gasteiger partial charge in [-0.1, -0.05) is 19.0 Å². The number of amides is 1. The highest BCUT2D eigenvalue weighted by Gasteiger charge is 2.21. The van der Waals surface area contributed by atoms with E-state index in [4.69, 9.17) is 18.7 Å². The molecule has 0 bridgehead atoms. The summed E-state index contributed by atoms with van der Waals surface area (Å²) in [6, 6.07) is 6.31. The van der Waals surface area contributed by atoms with Gasteiger partial charge in [0.1, 0.15) is 0 Å². The number of ether oxygens (including phenoxy) is 3. The van der Waals surface area contributed by atoms with Crippen LogP contribution < -0.4 is 14.8 Å². The lowest BCUT2D eigenvalue weighted by molar-refractivity contribution is -0.123. The van der Waals surface area contributed by atoms with Crippen molar-refractivity contribution >= 4 is 17.8 Å². The highest BCUT2D eigenvalue weighted by molar-refractivity contribution is 5.96. The third-order valence-electron chi connectivity index (χ3n) is 3.88. The number of nitrogens with one attached hydrogen (secondary N) is 1. The Morgan fingerprint density at radius 1 is 1.18 bits per heavy atom. The van der Waals surface area contributed by atoms with Crippen molar-refractivity contribution in [2.45, 2.75) is 40.2 Å². The Kier molecular flexibility index (Phi) is 7.43. The first-order chi connectivity index (χ1) is 13.3. The molecule has 0 unspecified atom stereocenters. The van der Waals surface area contributed by atoms with Gasteiger partial charge in [-0.2, -0.15) is 0 Å². The first kappa shape index (κ1) is 21.3. The van der Waals surface area contributed by atoms with E-state index >= 15 is 0 Å². The lowest BCUT2D eigenvalue weighted by atomic mass is 10.1. The summed E-state index contributed by atoms with van der Waals surface area (Å²) in [7, 11) is 1.50. The van der Waals surface area contributed by atoms with Gasteiger partial charge in [0.2, 0.25) is 5.88 Å². The standard InChI is InChI=1S/C20H26N2O6/c1-12(2)8-9-26-16-7-6-15(11-17(16)25-5)20(24)27-14(4)19(23)21-18-10-13(3)22-28-18/h6-7,10-12,14H,8-9H2,1-5H3,(H,21,23)/t14-/m1/s1. The number of nitrogens with zero attached hydrogens (tertiary/aromatic N) is 1. The van der Waals surface area contributed by atoms with Crippen molar-refractivity contribution in [1.29, 1.82) is 0 Å². The molecule has 8 nitrogen and oxygen atoms in total. The molecule has 0 fully saturated rings. The number of carbonyl (C=O) groups is 2. The number of hydrogen-bond acceptors (Lipinski definition) is 7. The van der Waals surface area contributed by atoms with Crippen LogP contribution in [0.3, 0.4) is 0 Å². The fourth-order valence-corrected chi connectivity index (χ4v) is 2.25. The van der Waals surface area contributed by atoms with Crippen LogP contribution in [-0.4, -0.2) is 36.9 Å². The summed E-state index contributed by atoms with van der Waals surface area (Å²) in [6.07, 6.45) is -0.115. The highest BCUT2D eigenvalue weighted by Crippen LogP contribution is 2.29. The van der Waals surface area contributed by atoms with Crippen LogP contribution in [0.1, 0.15) is 43.2 Å². The largest absolute Gasteiger partial charge is 0.493 e. The number of aromatic nitrogens is 1. The van der Waals surface area contributed by atoms with Crippen LogP contribution in [0.15, 0.2) is 28.8 Å². The van der Waals surface area contributed by atoms with E-state index in [1.165, 1.54) is 20.1 Å². The molecule has 0 radical (unpaired) electrons. The maximum Gasteiger partial charge on any atom is 0.339 e. The third kappa shape index (κ3) is 6.00. The third-order valence-corrected chi connectivity index (χ3v) is 3.88. The monoisotopic (exact) mass is 390 g/mol. The minimum atomic E-state index is -1.02. The number of carbonyl (C=O) groups excluding carboxylic acids is 2. The first-order valence-electron chi connectivity index (χ1n) is 9.06. The van der Waals surface area contributed by atoms with Crippen molar-refractivity contribution in [2.75, 3.05) is 19.0 Å². The van der Waals surface area contributed by atoms with Crippen LogP contribution in [0.25, 0.3) is 0 Å². The van der Waals surface area contributed by atoms with E-state index in [-0.39, 0.29) is 11.4 Å². The molecular formula is C20H26N2O6. The van der Waals surface area contributed by atoms with Crippen LogP contribution in [0.4, 0.5) is 5.88 Å². The summed E-state index contributed by atoms with van der Waals surface area (Å²) >= 11 is 0. The normalized spacial score (nSPS) is 11.8. The fourth-order valence-electron chi connectivity index (χ4n) is 2.25. The lowest BCUT2D eigenvalue weighted by Crippen LogP contribution is -2.29. The summed E-state index contributed by atoms with van der Waals surface area (Å²) in [5.41, 5.74) is 0.881. The van der Waals surface area contributed by atoms with E-state index in [0.29, 0.717) is 29.7 Å². The van der Waals surface area contributed by atoms with Gasteiger partial charge >= 0.3 is 5.97 Å². The molecule has 2 rings (SSSR count). The Bertz CT molecular complexity index is 815. The van der Waals surface area contributed by atoms with Crippen LogP contribution in [0.2, 0.25) is 0 Å². The quantitative estimate of drug-likeness (QED) is 0.653. The molecule has 1 aromatic carbocycles. The van der Waals surface area contributed by atoms with Gasteiger partial charge in [0, 0.05) is 6.07 Å². The molecule has 1 amide bonds. The maximum absolute atomic E-state index is 12.4. The predicted octanol–water partition coefficient (Wildman–Crippen LogP) is 3.60. The molecule has 28 heavy (non-hydrogen) atoms. The van der Waals surface area contributed by atoms with E-state index < -0.39 is 18.0 Å². The number of aryl methyl sites for hydroxylation is 1. The van der Waals surface area contributed by atoms with Crippen LogP contribution in [-0.2, 0) is 9.53 Å². The molecule has 0 saturated carbocycles. The van der Waals surface area contributed by atoms with Crippen molar-refractivity contribution in [3.63, 3.8) is 0 Å². The molecule has 8 heteroatoms. The SMILES string of the molecule is COc1cc(C(=O)O[C@H](C)C(=O)Nc2cc(C)no2)ccc1OCCC(C)C. The molecule has 0 spiro atoms. The fraction of sp³-hybridized carbons (Fsp3) is 0.450. The number of rotatable bonds is 9. The minimum Gasteiger partial charge on any atom is -0.493 e. The molecular weight excluding hydrogens is 364 g/mol. The minimum absolute atomic E-state index is 0.190. The molecule has 152 valence electrons. The van der Waals surface area contributed by atoms with Gasteiger partial charge in [-0.25, -0.2) is 4.79 Å². The Hall–Kier alpha value is -3.03. The summed E-state index contributed by atoms with van der Waals surface area (Å²) in [4.78, 5) is 24.5. The molecule has 1 N–H and O–H groups in total. The lowest BCUT2D eigenvalue weighted by Gasteiger charge is -2.14. The second-order valence-electron chi connectivity index (χ2n) is 6.77. The Labute approximate surface area is 164 Å². The number of esters is 1. The Morgan fingerprint density at radius 2 is 1.93 bits per heavy atom. The molecule has 0 saturated heterocycles. The average molecular weight is 390 g/mol. The Morgan fingerprint density at radius 3 is 2.54 bits per heavy atom. The molecule has 0 aliphatic rings. The van der Waals surface area contributed by atoms with E-state index in [2.05, 4.69) is 24.3 Å². The smallest absolute Gasteiger partial charge is 0.339 e. The van der Waals surface area contributed by atoms with E-state index in [1.807, 2.05) is 0 Å². The molecule has 1 heterocycles. The van der Waals surface area contributed by atoms with Crippen LogP contribution in [0.5, 0.6) is 11.5 Å². The molecule has 1 atom stereocenters. The summed E-state index contributed by atoms with van der Waals surface area (Å²) in [6.45, 7) is 7.97. The second-order valence-corrected chi connectivity index (χ2v) is 6.77. The molecule has 1 aromatic heterocycles. The summed E-state index contributed by atoms with van der Waals surface area (Å²) in [5.74, 6) is 0.510. The summed E-state index contributed by atoms with van der Waals surface area (Å²) < 4.78 is 21.1. The first-order valence-corrected chi connectivity index (χ1v) is 9.06.